The summed E-state index contributed by atoms with van der Waals surface area (Å²) in [5.74, 6) is 0. The zero-order valence-electron chi connectivity index (χ0n) is 5.68. The lowest BCUT2D eigenvalue weighted by molar-refractivity contribution is -0.0708. The van der Waals surface area contributed by atoms with Gasteiger partial charge in [-0.25, -0.2) is 0 Å². The van der Waals surface area contributed by atoms with Crippen LogP contribution in [0.4, 0.5) is 0 Å². The molecule has 2 heterocycles. The molecule has 0 amide bonds. The van der Waals surface area contributed by atoms with Crippen LogP contribution in [-0.2, 0) is 4.74 Å². The molecule has 2 fully saturated rings. The van der Waals surface area contributed by atoms with E-state index in [0.29, 0.717) is 6.23 Å². The van der Waals surface area contributed by atoms with Gasteiger partial charge in [0.15, 0.2) is 0 Å². The Balaban J connectivity index is 1.97. The van der Waals surface area contributed by atoms with E-state index in [9.17, 15) is 0 Å². The van der Waals surface area contributed by atoms with Gasteiger partial charge in [-0.05, 0) is 19.3 Å². The van der Waals surface area contributed by atoms with Gasteiger partial charge in [0, 0.05) is 19.7 Å². The summed E-state index contributed by atoms with van der Waals surface area (Å²) in [6.45, 7) is 3.52. The van der Waals surface area contributed by atoms with E-state index in [-0.39, 0.29) is 0 Å². The van der Waals surface area contributed by atoms with Crippen LogP contribution in [0.2, 0.25) is 0 Å². The van der Waals surface area contributed by atoms with Gasteiger partial charge in [-0.1, -0.05) is 0 Å². The van der Waals surface area contributed by atoms with Crippen molar-refractivity contribution < 1.29 is 4.74 Å². The van der Waals surface area contributed by atoms with E-state index in [1.54, 1.807) is 0 Å². The van der Waals surface area contributed by atoms with Gasteiger partial charge in [0.05, 0.1) is 0 Å². The number of fused-ring (bicyclic) bond motifs is 1. The second kappa shape index (κ2) is 2.27. The molecule has 1 atom stereocenters. The fourth-order valence-corrected chi connectivity index (χ4v) is 1.73. The minimum atomic E-state index is 0.499. The highest BCUT2D eigenvalue weighted by Gasteiger charge is 2.26. The lowest BCUT2D eigenvalue weighted by atomic mass is 10.3. The first-order valence-electron chi connectivity index (χ1n) is 3.82. The second-order valence-corrected chi connectivity index (χ2v) is 2.86. The van der Waals surface area contributed by atoms with E-state index in [0.717, 1.165) is 6.61 Å². The van der Waals surface area contributed by atoms with Crippen molar-refractivity contribution in [3.05, 3.63) is 0 Å². The Labute approximate surface area is 55.8 Å². The highest BCUT2D eigenvalue weighted by atomic mass is 16.5. The molecule has 1 unspecified atom stereocenters. The third-order valence-electron chi connectivity index (χ3n) is 2.20. The summed E-state index contributed by atoms with van der Waals surface area (Å²) in [4.78, 5) is 2.45. The van der Waals surface area contributed by atoms with Gasteiger partial charge in [0.25, 0.3) is 0 Å². The molecule has 0 bridgehead atoms. The molecule has 9 heavy (non-hydrogen) atoms. The summed E-state index contributed by atoms with van der Waals surface area (Å²) >= 11 is 0. The molecule has 0 N–H and O–H groups in total. The van der Waals surface area contributed by atoms with Crippen molar-refractivity contribution in [1.82, 2.24) is 4.90 Å². The van der Waals surface area contributed by atoms with Gasteiger partial charge in [-0.15, -0.1) is 0 Å². The lowest BCUT2D eigenvalue weighted by Gasteiger charge is -2.29. The first-order chi connectivity index (χ1) is 4.47. The van der Waals surface area contributed by atoms with Crippen molar-refractivity contribution in [2.24, 2.45) is 0 Å². The summed E-state index contributed by atoms with van der Waals surface area (Å²) in [5, 5.41) is 0. The third-order valence-corrected chi connectivity index (χ3v) is 2.20. The fourth-order valence-electron chi connectivity index (χ4n) is 1.73. The van der Waals surface area contributed by atoms with E-state index in [1.807, 2.05) is 0 Å². The summed E-state index contributed by atoms with van der Waals surface area (Å²) in [7, 11) is 0. The molecule has 2 heteroatoms. The molecule has 0 aromatic rings. The fraction of sp³-hybridized carbons (Fsp3) is 1.00. The summed E-state index contributed by atoms with van der Waals surface area (Å²) in [6.07, 6.45) is 4.33. The van der Waals surface area contributed by atoms with Crippen molar-refractivity contribution in [2.75, 3.05) is 19.7 Å². The maximum atomic E-state index is 5.53. The molecular formula is C7H13NO. The van der Waals surface area contributed by atoms with Gasteiger partial charge in [0.1, 0.15) is 6.23 Å². The lowest BCUT2D eigenvalue weighted by Crippen LogP contribution is -2.37. The molecule has 2 aliphatic heterocycles. The minimum Gasteiger partial charge on any atom is -0.363 e. The number of rotatable bonds is 0. The average Bonchev–Trinajstić information content (AvgIpc) is 2.33. The highest BCUT2D eigenvalue weighted by Crippen LogP contribution is 2.21. The van der Waals surface area contributed by atoms with Crippen LogP contribution in [0.1, 0.15) is 19.3 Å². The van der Waals surface area contributed by atoms with Crippen molar-refractivity contribution in [3.63, 3.8) is 0 Å². The summed E-state index contributed by atoms with van der Waals surface area (Å²) in [6, 6.07) is 0. The zero-order valence-corrected chi connectivity index (χ0v) is 5.68. The number of hydrogen-bond acceptors (Lipinski definition) is 2. The quantitative estimate of drug-likeness (QED) is 0.478. The average molecular weight is 127 g/mol. The highest BCUT2D eigenvalue weighted by molar-refractivity contribution is 4.74. The molecule has 2 aliphatic rings. The molecule has 0 radical (unpaired) electrons. The Hall–Kier alpha value is -0.0800. The molecule has 0 spiro atoms. The first-order valence-corrected chi connectivity index (χ1v) is 3.82. The maximum absolute atomic E-state index is 5.53. The van der Waals surface area contributed by atoms with E-state index < -0.39 is 0 Å². The van der Waals surface area contributed by atoms with Gasteiger partial charge >= 0.3 is 0 Å². The molecule has 2 saturated heterocycles. The number of hydrogen-bond donors (Lipinski definition) is 0. The Morgan fingerprint density at radius 1 is 1.22 bits per heavy atom. The summed E-state index contributed by atoms with van der Waals surface area (Å²) < 4.78 is 5.53. The van der Waals surface area contributed by atoms with Crippen molar-refractivity contribution in [1.29, 1.82) is 0 Å². The number of nitrogens with zero attached hydrogens (tertiary/aromatic N) is 1. The molecule has 0 saturated carbocycles. The van der Waals surface area contributed by atoms with E-state index >= 15 is 0 Å². The topological polar surface area (TPSA) is 12.5 Å². The largest absolute Gasteiger partial charge is 0.363 e. The monoisotopic (exact) mass is 127 g/mol. The Kier molecular flexibility index (Phi) is 1.44. The smallest absolute Gasteiger partial charge is 0.110 e. The van der Waals surface area contributed by atoms with Crippen molar-refractivity contribution >= 4 is 0 Å². The van der Waals surface area contributed by atoms with Gasteiger partial charge < -0.3 is 4.74 Å². The van der Waals surface area contributed by atoms with Crippen molar-refractivity contribution in [3.8, 4) is 0 Å². The van der Waals surface area contributed by atoms with Crippen LogP contribution in [0.25, 0.3) is 0 Å². The summed E-state index contributed by atoms with van der Waals surface area (Å²) in [5.41, 5.74) is 0. The maximum Gasteiger partial charge on any atom is 0.110 e. The van der Waals surface area contributed by atoms with Crippen LogP contribution >= 0.6 is 0 Å². The molecule has 2 nitrogen and oxygen atoms in total. The number of ether oxygens (including phenoxy) is 1. The van der Waals surface area contributed by atoms with Crippen LogP contribution in [0.5, 0.6) is 0 Å². The first kappa shape index (κ1) is 5.69. The standard InChI is InChI=1S/C7H13NO/c1-3-7-8(4-1)5-2-6-9-7/h7H,1-6H2. The molecule has 0 aromatic heterocycles. The van der Waals surface area contributed by atoms with Crippen molar-refractivity contribution in [2.45, 2.75) is 25.5 Å². The molecule has 52 valence electrons. The Bertz CT molecular complexity index is 93.1. The predicted octanol–water partition coefficient (Wildman–Crippen LogP) is 0.829. The van der Waals surface area contributed by atoms with E-state index in [4.69, 9.17) is 4.74 Å². The van der Waals surface area contributed by atoms with Crippen LogP contribution in [0.15, 0.2) is 0 Å². The van der Waals surface area contributed by atoms with Gasteiger partial charge in [0.2, 0.25) is 0 Å². The van der Waals surface area contributed by atoms with E-state index in [1.165, 1.54) is 32.4 Å². The van der Waals surface area contributed by atoms with Crippen LogP contribution in [0.3, 0.4) is 0 Å². The molecule has 0 aliphatic carbocycles. The minimum absolute atomic E-state index is 0.499. The third kappa shape index (κ3) is 0.970. The zero-order chi connectivity index (χ0) is 6.10. The van der Waals surface area contributed by atoms with Crippen LogP contribution < -0.4 is 0 Å². The van der Waals surface area contributed by atoms with Crippen LogP contribution in [-0.4, -0.2) is 30.8 Å². The van der Waals surface area contributed by atoms with Gasteiger partial charge in [-0.2, -0.15) is 0 Å². The Morgan fingerprint density at radius 2 is 2.11 bits per heavy atom. The Morgan fingerprint density at radius 3 is 3.00 bits per heavy atom. The van der Waals surface area contributed by atoms with Gasteiger partial charge in [-0.3, -0.25) is 4.90 Å². The van der Waals surface area contributed by atoms with Crippen LogP contribution in [0, 0.1) is 0 Å². The SMILES string of the molecule is C1COC2CCCN2C1. The second-order valence-electron chi connectivity index (χ2n) is 2.86. The normalized spacial score (nSPS) is 36.7. The molecular weight excluding hydrogens is 114 g/mol. The molecule has 2 rings (SSSR count). The predicted molar refractivity (Wildman–Crippen MR) is 35.2 cm³/mol. The molecule has 0 aromatic carbocycles. The van der Waals surface area contributed by atoms with E-state index in [2.05, 4.69) is 4.90 Å².